The molecule has 7 heteroatoms. The number of aromatic nitrogens is 4. The van der Waals surface area contributed by atoms with Gasteiger partial charge in [0.2, 0.25) is 5.91 Å². The fraction of sp³-hybridized carbons (Fsp3) is 0.357. The molecule has 180 valence electrons. The Morgan fingerprint density at radius 3 is 2.63 bits per heavy atom. The summed E-state index contributed by atoms with van der Waals surface area (Å²) in [5, 5.41) is 8.80. The lowest BCUT2D eigenvalue weighted by atomic mass is 9.96. The summed E-state index contributed by atoms with van der Waals surface area (Å²) in [7, 11) is 0. The largest absolute Gasteiger partial charge is 0.355 e. The van der Waals surface area contributed by atoms with Crippen LogP contribution in [0.2, 0.25) is 0 Å². The quantitative estimate of drug-likeness (QED) is 0.441. The van der Waals surface area contributed by atoms with Gasteiger partial charge in [0.1, 0.15) is 12.1 Å². The third-order valence-corrected chi connectivity index (χ3v) is 6.93. The van der Waals surface area contributed by atoms with E-state index in [2.05, 4.69) is 75.5 Å². The maximum absolute atomic E-state index is 13.2. The second-order valence-electron chi connectivity index (χ2n) is 9.45. The smallest absolute Gasteiger partial charge is 0.225 e. The second-order valence-corrected chi connectivity index (χ2v) is 9.45. The van der Waals surface area contributed by atoms with Gasteiger partial charge in [-0.2, -0.15) is 0 Å². The van der Waals surface area contributed by atoms with E-state index in [1.54, 1.807) is 6.33 Å². The Bertz CT molecular complexity index is 1310. The molecule has 35 heavy (non-hydrogen) atoms. The van der Waals surface area contributed by atoms with Crippen molar-refractivity contribution in [3.05, 3.63) is 77.7 Å². The molecular weight excluding hydrogens is 436 g/mol. The van der Waals surface area contributed by atoms with Crippen molar-refractivity contribution in [1.29, 1.82) is 0 Å². The molecule has 7 nitrogen and oxygen atoms in total. The highest BCUT2D eigenvalue weighted by atomic mass is 16.2. The zero-order valence-electron chi connectivity index (χ0n) is 20.6. The van der Waals surface area contributed by atoms with Gasteiger partial charge in [-0.1, -0.05) is 48.9 Å². The number of hydrogen-bond donors (Lipinski definition) is 1. The van der Waals surface area contributed by atoms with Crippen molar-refractivity contribution in [2.45, 2.75) is 46.1 Å². The van der Waals surface area contributed by atoms with Crippen LogP contribution in [0.15, 0.2) is 61.1 Å². The van der Waals surface area contributed by atoms with Gasteiger partial charge in [-0.05, 0) is 56.4 Å². The maximum atomic E-state index is 13.2. The number of nitrogens with one attached hydrogen (secondary N) is 1. The van der Waals surface area contributed by atoms with Crippen LogP contribution < -0.4 is 10.2 Å². The first kappa shape index (κ1) is 23.0. The highest BCUT2D eigenvalue weighted by Crippen LogP contribution is 2.28. The van der Waals surface area contributed by atoms with Crippen LogP contribution in [0.25, 0.3) is 16.7 Å². The lowest BCUT2D eigenvalue weighted by Crippen LogP contribution is -2.44. The number of piperidine rings is 1. The zero-order valence-corrected chi connectivity index (χ0v) is 20.6. The number of hydrogen-bond acceptors (Lipinski definition) is 5. The first-order chi connectivity index (χ1) is 17.0. The molecule has 4 aromatic rings. The average molecular weight is 469 g/mol. The van der Waals surface area contributed by atoms with Gasteiger partial charge in [-0.15, -0.1) is 5.10 Å². The molecule has 5 rings (SSSR count). The van der Waals surface area contributed by atoms with Crippen molar-refractivity contribution in [1.82, 2.24) is 25.1 Å². The van der Waals surface area contributed by atoms with E-state index < -0.39 is 0 Å². The number of carbonyl (C=O) groups is 1. The molecule has 2 aromatic carbocycles. The van der Waals surface area contributed by atoms with E-state index >= 15 is 0 Å². The molecule has 1 aliphatic rings. The summed E-state index contributed by atoms with van der Waals surface area (Å²) >= 11 is 0. The standard InChI is InChI=1S/C28H32N6O/c1-4-21-9-11-22(12-10-21)20(3)31-28(35)23-6-5-15-33(16-23)27-25-17-34(32-26(25)29-18-30-27)24-13-7-19(2)8-14-24/h7-14,17-18,20,23H,4-6,15-16H2,1-3H3,(H,31,35)/t20-,23+/m0/s1. The molecule has 1 aliphatic heterocycles. The summed E-state index contributed by atoms with van der Waals surface area (Å²) in [5.41, 5.74) is 5.28. The number of rotatable bonds is 6. The number of amides is 1. The molecule has 2 aromatic heterocycles. The SMILES string of the molecule is CCc1ccc([C@H](C)NC(=O)[C@@H]2CCCN(c3ncnc4nn(-c5ccc(C)cc5)cc34)C2)cc1. The van der Waals surface area contributed by atoms with Crippen molar-refractivity contribution in [2.75, 3.05) is 18.0 Å². The first-order valence-electron chi connectivity index (χ1n) is 12.4. The van der Waals surface area contributed by atoms with E-state index in [1.807, 2.05) is 29.9 Å². The topological polar surface area (TPSA) is 75.9 Å². The molecule has 1 amide bonds. The van der Waals surface area contributed by atoms with Gasteiger partial charge < -0.3 is 10.2 Å². The van der Waals surface area contributed by atoms with Crippen molar-refractivity contribution < 1.29 is 4.79 Å². The van der Waals surface area contributed by atoms with Gasteiger partial charge in [0.05, 0.1) is 23.0 Å². The van der Waals surface area contributed by atoms with Crippen molar-refractivity contribution in [2.24, 2.45) is 5.92 Å². The minimum Gasteiger partial charge on any atom is -0.355 e. The molecule has 1 fully saturated rings. The normalized spacial score (nSPS) is 16.9. The average Bonchev–Trinajstić information content (AvgIpc) is 3.33. The van der Waals surface area contributed by atoms with Crippen LogP contribution in [0, 0.1) is 12.8 Å². The van der Waals surface area contributed by atoms with Gasteiger partial charge in [0, 0.05) is 19.3 Å². The highest BCUT2D eigenvalue weighted by molar-refractivity contribution is 5.87. The fourth-order valence-corrected chi connectivity index (χ4v) is 4.75. The number of nitrogens with zero attached hydrogens (tertiary/aromatic N) is 5. The van der Waals surface area contributed by atoms with Crippen LogP contribution in [0.1, 0.15) is 49.4 Å². The first-order valence-corrected chi connectivity index (χ1v) is 12.4. The van der Waals surface area contributed by atoms with E-state index in [0.29, 0.717) is 12.2 Å². The summed E-state index contributed by atoms with van der Waals surface area (Å²) in [4.78, 5) is 24.4. The number of anilines is 1. The van der Waals surface area contributed by atoms with Crippen molar-refractivity contribution >= 4 is 22.8 Å². The fourth-order valence-electron chi connectivity index (χ4n) is 4.75. The molecule has 0 bridgehead atoms. The Balaban J connectivity index is 1.32. The Labute approximate surface area is 206 Å². The Kier molecular flexibility index (Phi) is 6.49. The number of aryl methyl sites for hydroxylation is 2. The molecule has 1 saturated heterocycles. The highest BCUT2D eigenvalue weighted by Gasteiger charge is 2.29. The minimum atomic E-state index is -0.0849. The molecular formula is C28H32N6O. The van der Waals surface area contributed by atoms with Gasteiger partial charge in [-0.3, -0.25) is 4.79 Å². The molecule has 0 spiro atoms. The van der Waals surface area contributed by atoms with Crippen molar-refractivity contribution in [3.63, 3.8) is 0 Å². The number of carbonyl (C=O) groups excluding carboxylic acids is 1. The Morgan fingerprint density at radius 2 is 1.89 bits per heavy atom. The van der Waals surface area contributed by atoms with E-state index in [-0.39, 0.29) is 17.9 Å². The van der Waals surface area contributed by atoms with E-state index in [0.717, 1.165) is 48.3 Å². The third kappa shape index (κ3) is 4.90. The van der Waals surface area contributed by atoms with Crippen LogP contribution in [-0.4, -0.2) is 38.7 Å². The minimum absolute atomic E-state index is 0.0257. The number of fused-ring (bicyclic) bond motifs is 1. The molecule has 2 atom stereocenters. The second kappa shape index (κ2) is 9.86. The number of benzene rings is 2. The van der Waals surface area contributed by atoms with E-state index in [9.17, 15) is 4.79 Å². The summed E-state index contributed by atoms with van der Waals surface area (Å²) < 4.78 is 1.85. The third-order valence-electron chi connectivity index (χ3n) is 6.93. The summed E-state index contributed by atoms with van der Waals surface area (Å²) in [6, 6.07) is 16.7. The maximum Gasteiger partial charge on any atom is 0.225 e. The predicted octanol–water partition coefficient (Wildman–Crippen LogP) is 4.78. The Hall–Kier alpha value is -3.74. The van der Waals surface area contributed by atoms with Crippen LogP contribution in [0.4, 0.5) is 5.82 Å². The van der Waals surface area contributed by atoms with E-state index in [4.69, 9.17) is 0 Å². The van der Waals surface area contributed by atoms with Crippen LogP contribution in [-0.2, 0) is 11.2 Å². The monoisotopic (exact) mass is 468 g/mol. The molecule has 1 N–H and O–H groups in total. The molecule has 0 radical (unpaired) electrons. The van der Waals surface area contributed by atoms with Crippen LogP contribution >= 0.6 is 0 Å². The predicted molar refractivity (Wildman–Crippen MR) is 139 cm³/mol. The van der Waals surface area contributed by atoms with Crippen LogP contribution in [0.5, 0.6) is 0 Å². The molecule has 0 aliphatic carbocycles. The van der Waals surface area contributed by atoms with Crippen molar-refractivity contribution in [3.8, 4) is 5.69 Å². The van der Waals surface area contributed by atoms with Gasteiger partial charge >= 0.3 is 0 Å². The summed E-state index contributed by atoms with van der Waals surface area (Å²) in [6.07, 6.45) is 6.38. The summed E-state index contributed by atoms with van der Waals surface area (Å²) in [6.45, 7) is 7.76. The van der Waals surface area contributed by atoms with Gasteiger partial charge in [-0.25, -0.2) is 14.6 Å². The molecule has 0 unspecified atom stereocenters. The zero-order chi connectivity index (χ0) is 24.4. The van der Waals surface area contributed by atoms with Gasteiger partial charge in [0.25, 0.3) is 0 Å². The molecule has 3 heterocycles. The lowest BCUT2D eigenvalue weighted by molar-refractivity contribution is -0.125. The molecule has 0 saturated carbocycles. The summed E-state index contributed by atoms with van der Waals surface area (Å²) in [5.74, 6) is 0.856. The van der Waals surface area contributed by atoms with E-state index in [1.165, 1.54) is 11.1 Å². The Morgan fingerprint density at radius 1 is 1.11 bits per heavy atom. The van der Waals surface area contributed by atoms with Crippen LogP contribution in [0.3, 0.4) is 0 Å². The lowest BCUT2D eigenvalue weighted by Gasteiger charge is -2.33. The van der Waals surface area contributed by atoms with Gasteiger partial charge in [0.15, 0.2) is 5.65 Å².